The molecule has 0 saturated heterocycles. The number of nitro groups is 1. The maximum Gasteiger partial charge on any atom is 0.293 e. The second kappa shape index (κ2) is 7.80. The van der Waals surface area contributed by atoms with Gasteiger partial charge >= 0.3 is 0 Å². The van der Waals surface area contributed by atoms with E-state index in [1.54, 1.807) is 38.1 Å². The molecular weight excluding hydrogens is 344 g/mol. The minimum atomic E-state index is -1.33. The van der Waals surface area contributed by atoms with Crippen molar-refractivity contribution in [2.24, 2.45) is 0 Å². The number of hydrogen-bond donors (Lipinski definition) is 1. The van der Waals surface area contributed by atoms with Gasteiger partial charge in [0.2, 0.25) is 5.91 Å². The molecule has 130 valence electrons. The van der Waals surface area contributed by atoms with Crippen LogP contribution in [0.15, 0.2) is 41.3 Å². The summed E-state index contributed by atoms with van der Waals surface area (Å²) in [5, 5.41) is 24.8. The predicted molar refractivity (Wildman–Crippen MR) is 92.7 cm³/mol. The molecule has 0 spiro atoms. The third-order valence-electron chi connectivity index (χ3n) is 3.39. The molecule has 1 amide bonds. The summed E-state index contributed by atoms with van der Waals surface area (Å²) < 4.78 is 0. The van der Waals surface area contributed by atoms with Crippen molar-refractivity contribution in [2.45, 2.75) is 18.7 Å². The number of rotatable bonds is 6. The van der Waals surface area contributed by atoms with Crippen molar-refractivity contribution in [2.75, 3.05) is 11.1 Å². The van der Waals surface area contributed by atoms with Gasteiger partial charge in [-0.05, 0) is 31.0 Å². The standard InChI is InChI=1S/C17H16N2O5S/c1-10-7-11(2)16(13(8-10)19(23)24)18-15(20)9-25-14-6-4-3-5-12(14)17(21)22/h3-8H,9H2,1-2H3,(H,18,20)(H,21,22)/p-1. The van der Waals surface area contributed by atoms with Crippen LogP contribution < -0.4 is 10.4 Å². The topological polar surface area (TPSA) is 112 Å². The van der Waals surface area contributed by atoms with Gasteiger partial charge in [0.1, 0.15) is 5.69 Å². The number of thioether (sulfide) groups is 1. The molecule has 25 heavy (non-hydrogen) atoms. The summed E-state index contributed by atoms with van der Waals surface area (Å²) in [5.74, 6) is -1.88. The Kier molecular flexibility index (Phi) is 5.76. The number of nitro benzene ring substituents is 1. The van der Waals surface area contributed by atoms with Gasteiger partial charge in [0.25, 0.3) is 5.69 Å². The Bertz CT molecular complexity index is 851. The molecular formula is C17H15N2O5S-. The van der Waals surface area contributed by atoms with Crippen LogP contribution in [0.25, 0.3) is 0 Å². The van der Waals surface area contributed by atoms with Crippen molar-refractivity contribution in [3.63, 3.8) is 0 Å². The number of benzene rings is 2. The first-order valence-electron chi connectivity index (χ1n) is 7.28. The Morgan fingerprint density at radius 1 is 1.20 bits per heavy atom. The highest BCUT2D eigenvalue weighted by Crippen LogP contribution is 2.30. The molecule has 0 heterocycles. The molecule has 2 rings (SSSR count). The minimum absolute atomic E-state index is 0.00204. The van der Waals surface area contributed by atoms with Crippen LogP contribution in [0.5, 0.6) is 0 Å². The molecule has 2 aromatic carbocycles. The summed E-state index contributed by atoms with van der Waals surface area (Å²) in [5.41, 5.74) is 1.28. The number of anilines is 1. The number of carbonyl (C=O) groups is 2. The smallest absolute Gasteiger partial charge is 0.293 e. The van der Waals surface area contributed by atoms with Gasteiger partial charge in [-0.1, -0.05) is 24.3 Å². The quantitative estimate of drug-likeness (QED) is 0.481. The van der Waals surface area contributed by atoms with Crippen molar-refractivity contribution in [3.05, 3.63) is 63.2 Å². The normalized spacial score (nSPS) is 10.3. The number of hydrogen-bond acceptors (Lipinski definition) is 6. The maximum atomic E-state index is 12.2. The van der Waals surface area contributed by atoms with Crippen LogP contribution in [0.3, 0.4) is 0 Å². The number of aromatic carboxylic acids is 1. The van der Waals surface area contributed by atoms with Crippen LogP contribution in [-0.2, 0) is 4.79 Å². The molecule has 7 nitrogen and oxygen atoms in total. The van der Waals surface area contributed by atoms with Crippen LogP contribution >= 0.6 is 11.8 Å². The van der Waals surface area contributed by atoms with Gasteiger partial charge in [0, 0.05) is 16.5 Å². The number of amides is 1. The zero-order chi connectivity index (χ0) is 18.6. The number of carbonyl (C=O) groups excluding carboxylic acids is 2. The van der Waals surface area contributed by atoms with E-state index in [1.165, 1.54) is 12.1 Å². The Balaban J connectivity index is 2.14. The average molecular weight is 359 g/mol. The highest BCUT2D eigenvalue weighted by atomic mass is 32.2. The van der Waals surface area contributed by atoms with Gasteiger partial charge < -0.3 is 15.2 Å². The van der Waals surface area contributed by atoms with Gasteiger partial charge in [-0.2, -0.15) is 0 Å². The monoisotopic (exact) mass is 359 g/mol. The van der Waals surface area contributed by atoms with Crippen molar-refractivity contribution < 1.29 is 19.6 Å². The maximum absolute atomic E-state index is 12.2. The van der Waals surface area contributed by atoms with E-state index in [-0.39, 0.29) is 22.7 Å². The molecule has 0 aliphatic rings. The molecule has 0 aromatic heterocycles. The van der Waals surface area contributed by atoms with Crippen LogP contribution in [-0.4, -0.2) is 22.6 Å². The molecule has 0 aliphatic carbocycles. The number of carboxylic acids is 1. The largest absolute Gasteiger partial charge is 0.545 e. The van der Waals surface area contributed by atoms with E-state index in [9.17, 15) is 24.8 Å². The summed E-state index contributed by atoms with van der Waals surface area (Å²) >= 11 is 1.02. The highest BCUT2D eigenvalue weighted by Gasteiger charge is 2.19. The third-order valence-corrected chi connectivity index (χ3v) is 4.46. The number of nitrogens with one attached hydrogen (secondary N) is 1. The van der Waals surface area contributed by atoms with Crippen molar-refractivity contribution in [1.82, 2.24) is 0 Å². The lowest BCUT2D eigenvalue weighted by Gasteiger charge is -2.11. The van der Waals surface area contributed by atoms with Crippen molar-refractivity contribution in [1.29, 1.82) is 0 Å². The lowest BCUT2D eigenvalue weighted by atomic mass is 10.1. The van der Waals surface area contributed by atoms with E-state index >= 15 is 0 Å². The second-order valence-corrected chi connectivity index (χ2v) is 6.37. The highest BCUT2D eigenvalue weighted by molar-refractivity contribution is 8.00. The molecule has 0 atom stereocenters. The minimum Gasteiger partial charge on any atom is -0.545 e. The summed E-state index contributed by atoms with van der Waals surface area (Å²) in [4.78, 5) is 34.2. The SMILES string of the molecule is Cc1cc(C)c(NC(=O)CSc2ccccc2C(=O)[O-])c([N+](=O)[O-])c1. The predicted octanol–water partition coefficient (Wildman–Crippen LogP) is 2.31. The van der Waals surface area contributed by atoms with Crippen LogP contribution in [0, 0.1) is 24.0 Å². The molecule has 0 fully saturated rings. The van der Waals surface area contributed by atoms with E-state index in [1.807, 2.05) is 0 Å². The Morgan fingerprint density at radius 2 is 1.88 bits per heavy atom. The molecule has 8 heteroatoms. The lowest BCUT2D eigenvalue weighted by Crippen LogP contribution is -2.23. The van der Waals surface area contributed by atoms with Crippen LogP contribution in [0.2, 0.25) is 0 Å². The first-order valence-corrected chi connectivity index (χ1v) is 8.27. The number of aryl methyl sites for hydroxylation is 2. The molecule has 2 aromatic rings. The summed E-state index contributed by atoms with van der Waals surface area (Å²) in [7, 11) is 0. The number of carboxylic acid groups (broad SMARTS) is 1. The average Bonchev–Trinajstić information content (AvgIpc) is 2.55. The van der Waals surface area contributed by atoms with Gasteiger partial charge in [0.05, 0.1) is 16.6 Å². The lowest BCUT2D eigenvalue weighted by molar-refractivity contribution is -0.384. The van der Waals surface area contributed by atoms with Crippen LogP contribution in [0.4, 0.5) is 11.4 Å². The molecule has 1 N–H and O–H groups in total. The molecule has 0 radical (unpaired) electrons. The Morgan fingerprint density at radius 3 is 2.52 bits per heavy atom. The fraction of sp³-hybridized carbons (Fsp3) is 0.176. The van der Waals surface area contributed by atoms with E-state index in [4.69, 9.17) is 0 Å². The first-order chi connectivity index (χ1) is 11.8. The summed E-state index contributed by atoms with van der Waals surface area (Å²) in [6.07, 6.45) is 0. The Labute approximate surface area is 148 Å². The fourth-order valence-electron chi connectivity index (χ4n) is 2.33. The zero-order valence-corrected chi connectivity index (χ0v) is 14.4. The molecule has 0 bridgehead atoms. The van der Waals surface area contributed by atoms with E-state index in [0.717, 1.165) is 17.3 Å². The fourth-order valence-corrected chi connectivity index (χ4v) is 3.17. The van der Waals surface area contributed by atoms with Gasteiger partial charge in [-0.25, -0.2) is 0 Å². The van der Waals surface area contributed by atoms with E-state index in [2.05, 4.69) is 5.32 Å². The van der Waals surface area contributed by atoms with Crippen molar-refractivity contribution >= 4 is 35.0 Å². The van der Waals surface area contributed by atoms with E-state index < -0.39 is 16.8 Å². The first kappa shape index (κ1) is 18.5. The molecule has 0 unspecified atom stereocenters. The van der Waals surface area contributed by atoms with Gasteiger partial charge in [-0.15, -0.1) is 11.8 Å². The molecule has 0 saturated carbocycles. The summed E-state index contributed by atoms with van der Waals surface area (Å²) in [6.45, 7) is 3.41. The van der Waals surface area contributed by atoms with Gasteiger partial charge in [-0.3, -0.25) is 14.9 Å². The summed E-state index contributed by atoms with van der Waals surface area (Å²) in [6, 6.07) is 9.31. The molecule has 0 aliphatic heterocycles. The second-order valence-electron chi connectivity index (χ2n) is 5.35. The van der Waals surface area contributed by atoms with Gasteiger partial charge in [0.15, 0.2) is 0 Å². The van der Waals surface area contributed by atoms with E-state index in [0.29, 0.717) is 10.5 Å². The van der Waals surface area contributed by atoms with Crippen molar-refractivity contribution in [3.8, 4) is 0 Å². The zero-order valence-electron chi connectivity index (χ0n) is 13.6. The van der Waals surface area contributed by atoms with Crippen LogP contribution in [0.1, 0.15) is 21.5 Å². The third kappa shape index (κ3) is 4.57. The Hall–Kier alpha value is -2.87. The number of nitrogens with zero attached hydrogens (tertiary/aromatic N) is 1.